The van der Waals surface area contributed by atoms with Crippen LogP contribution in [0.15, 0.2) is 71.8 Å². The van der Waals surface area contributed by atoms with Crippen LogP contribution >= 0.6 is 0 Å². The summed E-state index contributed by atoms with van der Waals surface area (Å²) in [4.78, 5) is 4.45. The third-order valence-electron chi connectivity index (χ3n) is 5.02. The number of allylic oxidation sites excluding steroid dienone is 2. The van der Waals surface area contributed by atoms with Crippen molar-refractivity contribution >= 4 is 28.0 Å². The molecule has 122 valence electrons. The molecule has 3 heteroatoms. The summed E-state index contributed by atoms with van der Waals surface area (Å²) in [6, 6.07) is 17.3. The minimum absolute atomic E-state index is 0.353. The highest BCUT2D eigenvalue weighted by molar-refractivity contribution is 6.08. The SMILES string of the molecule is CCn1c2ccccc2c2cc(C3(/C=C\C#N)C=CC=NC3)ccc21. The number of rotatable bonds is 3. The first-order valence-electron chi connectivity index (χ1n) is 8.55. The Bertz CT molecular complexity index is 1080. The van der Waals surface area contributed by atoms with Crippen LogP contribution in [0, 0.1) is 11.3 Å². The lowest BCUT2D eigenvalue weighted by Crippen LogP contribution is -2.26. The van der Waals surface area contributed by atoms with E-state index in [9.17, 15) is 0 Å². The molecule has 3 aromatic rings. The smallest absolute Gasteiger partial charge is 0.0909 e. The van der Waals surface area contributed by atoms with Crippen LogP contribution in [-0.2, 0) is 12.0 Å². The lowest BCUT2D eigenvalue weighted by Gasteiger charge is -2.27. The number of benzene rings is 2. The second kappa shape index (κ2) is 6.07. The molecule has 0 saturated heterocycles. The molecular weight excluding hydrogens is 306 g/mol. The lowest BCUT2D eigenvalue weighted by atomic mass is 9.78. The maximum atomic E-state index is 9.00. The van der Waals surface area contributed by atoms with Crippen LogP contribution in [0.5, 0.6) is 0 Å². The van der Waals surface area contributed by atoms with Gasteiger partial charge in [0.15, 0.2) is 0 Å². The molecule has 1 aliphatic heterocycles. The number of dihydropyridines is 1. The average Bonchev–Trinajstić information content (AvgIpc) is 3.00. The first kappa shape index (κ1) is 15.4. The van der Waals surface area contributed by atoms with Crippen molar-refractivity contribution in [2.24, 2.45) is 4.99 Å². The minimum Gasteiger partial charge on any atom is -0.341 e. The van der Waals surface area contributed by atoms with Gasteiger partial charge in [0, 0.05) is 40.6 Å². The molecule has 2 aromatic carbocycles. The second-order valence-electron chi connectivity index (χ2n) is 6.35. The number of fused-ring (bicyclic) bond motifs is 3. The maximum Gasteiger partial charge on any atom is 0.0909 e. The predicted molar refractivity (Wildman–Crippen MR) is 104 cm³/mol. The summed E-state index contributed by atoms with van der Waals surface area (Å²) in [6.07, 6.45) is 9.43. The molecular formula is C22H19N3. The van der Waals surface area contributed by atoms with Crippen molar-refractivity contribution < 1.29 is 0 Å². The van der Waals surface area contributed by atoms with Gasteiger partial charge in [-0.1, -0.05) is 36.4 Å². The summed E-state index contributed by atoms with van der Waals surface area (Å²) >= 11 is 0. The molecule has 1 unspecified atom stereocenters. The molecule has 0 bridgehead atoms. The molecule has 4 rings (SSSR count). The quantitative estimate of drug-likeness (QED) is 0.639. The van der Waals surface area contributed by atoms with E-state index in [0.29, 0.717) is 6.54 Å². The number of aliphatic imine (C=N–C) groups is 1. The highest BCUT2D eigenvalue weighted by atomic mass is 15.0. The van der Waals surface area contributed by atoms with Gasteiger partial charge in [0.2, 0.25) is 0 Å². The van der Waals surface area contributed by atoms with Crippen LogP contribution < -0.4 is 0 Å². The fourth-order valence-electron chi connectivity index (χ4n) is 3.79. The number of para-hydroxylation sites is 1. The van der Waals surface area contributed by atoms with Crippen molar-refractivity contribution in [3.8, 4) is 6.07 Å². The second-order valence-corrected chi connectivity index (χ2v) is 6.35. The van der Waals surface area contributed by atoms with Crippen molar-refractivity contribution in [2.45, 2.75) is 18.9 Å². The van der Waals surface area contributed by atoms with Crippen LogP contribution in [0.3, 0.4) is 0 Å². The summed E-state index contributed by atoms with van der Waals surface area (Å²) in [7, 11) is 0. The van der Waals surface area contributed by atoms with E-state index in [1.54, 1.807) is 6.08 Å². The first-order chi connectivity index (χ1) is 12.3. The Hall–Kier alpha value is -3.12. The molecule has 0 radical (unpaired) electrons. The first-order valence-corrected chi connectivity index (χ1v) is 8.55. The Morgan fingerprint density at radius 2 is 2.04 bits per heavy atom. The van der Waals surface area contributed by atoms with Crippen molar-refractivity contribution in [1.29, 1.82) is 5.26 Å². The number of hydrogen-bond donors (Lipinski definition) is 0. The zero-order valence-electron chi connectivity index (χ0n) is 14.2. The Balaban J connectivity index is 1.99. The van der Waals surface area contributed by atoms with Gasteiger partial charge in [-0.3, -0.25) is 4.99 Å². The summed E-state index contributed by atoms with van der Waals surface area (Å²) in [5, 5.41) is 11.5. The zero-order valence-corrected chi connectivity index (χ0v) is 14.2. The van der Waals surface area contributed by atoms with Crippen LogP contribution in [-0.4, -0.2) is 17.3 Å². The molecule has 1 atom stereocenters. The molecule has 0 spiro atoms. The highest BCUT2D eigenvalue weighted by Crippen LogP contribution is 2.35. The molecule has 3 nitrogen and oxygen atoms in total. The summed E-state index contributed by atoms with van der Waals surface area (Å²) in [5.41, 5.74) is 3.32. The van der Waals surface area contributed by atoms with E-state index in [1.807, 2.05) is 18.4 Å². The largest absolute Gasteiger partial charge is 0.341 e. The van der Waals surface area contributed by atoms with Crippen LogP contribution in [0.4, 0.5) is 0 Å². The number of nitrogens with zero attached hydrogens (tertiary/aromatic N) is 3. The van der Waals surface area contributed by atoms with E-state index in [4.69, 9.17) is 5.26 Å². The fourth-order valence-corrected chi connectivity index (χ4v) is 3.79. The Labute approximate surface area is 147 Å². The van der Waals surface area contributed by atoms with Crippen LogP contribution in [0.2, 0.25) is 0 Å². The molecule has 0 fully saturated rings. The Kier molecular flexibility index (Phi) is 3.74. The molecule has 2 heterocycles. The summed E-state index contributed by atoms with van der Waals surface area (Å²) in [5.74, 6) is 0. The zero-order chi connectivity index (χ0) is 17.3. The third-order valence-corrected chi connectivity index (χ3v) is 5.02. The van der Waals surface area contributed by atoms with E-state index in [0.717, 1.165) is 6.54 Å². The predicted octanol–water partition coefficient (Wildman–Crippen LogP) is 4.77. The van der Waals surface area contributed by atoms with Gasteiger partial charge in [0.25, 0.3) is 0 Å². The van der Waals surface area contributed by atoms with E-state index < -0.39 is 0 Å². The average molecular weight is 325 g/mol. The Morgan fingerprint density at radius 1 is 1.20 bits per heavy atom. The van der Waals surface area contributed by atoms with Crippen LogP contribution in [0.1, 0.15) is 12.5 Å². The molecule has 0 aliphatic carbocycles. The van der Waals surface area contributed by atoms with Gasteiger partial charge in [0.1, 0.15) is 0 Å². The van der Waals surface area contributed by atoms with Gasteiger partial charge in [-0.05, 0) is 36.8 Å². The van der Waals surface area contributed by atoms with Crippen molar-refractivity contribution in [2.75, 3.05) is 6.54 Å². The highest BCUT2D eigenvalue weighted by Gasteiger charge is 2.28. The monoisotopic (exact) mass is 325 g/mol. The number of nitriles is 1. The van der Waals surface area contributed by atoms with Gasteiger partial charge in [-0.25, -0.2) is 0 Å². The van der Waals surface area contributed by atoms with E-state index in [1.165, 1.54) is 27.4 Å². The van der Waals surface area contributed by atoms with Crippen LogP contribution in [0.25, 0.3) is 21.8 Å². The Morgan fingerprint density at radius 3 is 2.80 bits per heavy atom. The molecule has 1 aromatic heterocycles. The number of aryl methyl sites for hydroxylation is 1. The van der Waals surface area contributed by atoms with Crippen molar-refractivity contribution in [1.82, 2.24) is 4.57 Å². The lowest BCUT2D eigenvalue weighted by molar-refractivity contribution is 0.680. The summed E-state index contributed by atoms with van der Waals surface area (Å²) in [6.45, 7) is 3.74. The topological polar surface area (TPSA) is 41.1 Å². The van der Waals surface area contributed by atoms with Gasteiger partial charge < -0.3 is 4.57 Å². The molecule has 0 N–H and O–H groups in total. The molecule has 0 amide bonds. The summed E-state index contributed by atoms with van der Waals surface area (Å²) < 4.78 is 2.35. The van der Waals surface area contributed by atoms with Crippen molar-refractivity contribution in [3.05, 3.63) is 72.3 Å². The van der Waals surface area contributed by atoms with Gasteiger partial charge in [-0.2, -0.15) is 5.26 Å². The molecule has 1 aliphatic rings. The number of aromatic nitrogens is 1. The van der Waals surface area contributed by atoms with E-state index in [2.05, 4.69) is 71.1 Å². The fraction of sp³-hybridized carbons (Fsp3) is 0.182. The number of hydrogen-bond acceptors (Lipinski definition) is 2. The maximum absolute atomic E-state index is 9.00. The third kappa shape index (κ3) is 2.38. The van der Waals surface area contributed by atoms with Gasteiger partial charge >= 0.3 is 0 Å². The molecule has 0 saturated carbocycles. The normalized spacial score (nSPS) is 19.8. The van der Waals surface area contributed by atoms with E-state index in [-0.39, 0.29) is 5.41 Å². The molecule has 25 heavy (non-hydrogen) atoms. The van der Waals surface area contributed by atoms with E-state index >= 15 is 0 Å². The van der Waals surface area contributed by atoms with Gasteiger partial charge in [-0.15, -0.1) is 0 Å². The minimum atomic E-state index is -0.353. The standard InChI is InChI=1S/C22H19N3/c1-2-25-20-8-4-3-7-18(20)19-15-17(9-10-21(19)25)22(11-5-13-23)12-6-14-24-16-22/h3-12,14-15H,2,16H2,1H3/b11-5-. The van der Waals surface area contributed by atoms with Gasteiger partial charge in [0.05, 0.1) is 18.0 Å². The van der Waals surface area contributed by atoms with Crippen molar-refractivity contribution in [3.63, 3.8) is 0 Å².